The fourth-order valence-corrected chi connectivity index (χ4v) is 6.31. The molecule has 5 heteroatoms. The molecule has 0 aromatic heterocycles. The Hall–Kier alpha value is 0.0569. The average Bonchev–Trinajstić information content (AvgIpc) is 2.46. The summed E-state index contributed by atoms with van der Waals surface area (Å²) in [6.07, 6.45) is 5.81. The zero-order chi connectivity index (χ0) is 15.4. The third kappa shape index (κ3) is 5.45. The van der Waals surface area contributed by atoms with E-state index in [-0.39, 0.29) is 0 Å². The Balaban J connectivity index is 5.22. The molecule has 122 valence electrons. The number of rotatable bonds is 13. The van der Waals surface area contributed by atoms with Crippen LogP contribution in [-0.2, 0) is 8.85 Å². The second kappa shape index (κ2) is 11.7. The minimum Gasteiger partial charge on any atom is -0.374 e. The smallest absolute Gasteiger partial charge is 0.374 e. The van der Waals surface area contributed by atoms with E-state index in [1.54, 1.807) is 0 Å². The van der Waals surface area contributed by atoms with Crippen LogP contribution in [-0.4, -0.2) is 58.4 Å². The molecule has 0 aliphatic carbocycles. The largest absolute Gasteiger partial charge is 0.521 e. The van der Waals surface area contributed by atoms with Gasteiger partial charge >= 0.3 is 8.88 Å². The minimum absolute atomic E-state index is 1.05. The lowest BCUT2D eigenvalue weighted by molar-refractivity contribution is 0.0914. The van der Waals surface area contributed by atoms with Crippen molar-refractivity contribution in [1.29, 1.82) is 0 Å². The van der Waals surface area contributed by atoms with Gasteiger partial charge in [-0.15, -0.1) is 0 Å². The third-order valence-electron chi connectivity index (χ3n) is 3.59. The highest BCUT2D eigenvalue weighted by Gasteiger charge is 2.49. The van der Waals surface area contributed by atoms with Crippen LogP contribution in [0.3, 0.4) is 0 Å². The summed E-state index contributed by atoms with van der Waals surface area (Å²) in [6.45, 7) is 13.1. The lowest BCUT2D eigenvalue weighted by Gasteiger charge is -2.44. The Morgan fingerprint density at radius 3 is 1.35 bits per heavy atom. The molecular weight excluding hydrogens is 268 g/mol. The third-order valence-corrected chi connectivity index (χ3v) is 7.15. The lowest BCUT2D eigenvalue weighted by Crippen LogP contribution is -2.69. The van der Waals surface area contributed by atoms with Crippen LogP contribution in [0.15, 0.2) is 0 Å². The maximum atomic E-state index is 6.03. The molecular formula is C15H36N2O2Si. The van der Waals surface area contributed by atoms with E-state index >= 15 is 0 Å². The van der Waals surface area contributed by atoms with Gasteiger partial charge < -0.3 is 8.85 Å². The van der Waals surface area contributed by atoms with E-state index in [9.17, 15) is 0 Å². The summed E-state index contributed by atoms with van der Waals surface area (Å²) in [7, 11) is 1.21. The maximum Gasteiger partial charge on any atom is 0.521 e. The molecule has 4 nitrogen and oxygen atoms in total. The minimum atomic E-state index is -2.44. The molecule has 20 heavy (non-hydrogen) atoms. The van der Waals surface area contributed by atoms with Crippen molar-refractivity contribution in [3.05, 3.63) is 0 Å². The van der Waals surface area contributed by atoms with E-state index in [0.29, 0.717) is 0 Å². The van der Waals surface area contributed by atoms with Crippen molar-refractivity contribution in [1.82, 2.24) is 9.13 Å². The second-order valence-corrected chi connectivity index (χ2v) is 8.46. The van der Waals surface area contributed by atoms with Crippen LogP contribution in [0.25, 0.3) is 0 Å². The zero-order valence-corrected chi connectivity index (χ0v) is 15.6. The number of nitrogens with zero attached hydrogens (tertiary/aromatic N) is 2. The molecule has 0 radical (unpaired) electrons. The van der Waals surface area contributed by atoms with E-state index in [2.05, 4.69) is 36.8 Å². The molecule has 0 atom stereocenters. The number of hydrogen-bond donors (Lipinski definition) is 0. The molecule has 0 heterocycles. The Bertz CT molecular complexity index is 220. The summed E-state index contributed by atoms with van der Waals surface area (Å²) in [6, 6.07) is 0. The van der Waals surface area contributed by atoms with Gasteiger partial charge in [-0.2, -0.15) is 0 Å². The first-order valence-corrected chi connectivity index (χ1v) is 9.98. The van der Waals surface area contributed by atoms with Gasteiger partial charge in [0.1, 0.15) is 0 Å². The van der Waals surface area contributed by atoms with Crippen molar-refractivity contribution < 1.29 is 8.85 Å². The molecule has 0 N–H and O–H groups in total. The Morgan fingerprint density at radius 1 is 0.650 bits per heavy atom. The van der Waals surface area contributed by atoms with Crippen molar-refractivity contribution >= 4 is 8.88 Å². The number of hydrogen-bond acceptors (Lipinski definition) is 4. The summed E-state index contributed by atoms with van der Waals surface area (Å²) >= 11 is 0. The summed E-state index contributed by atoms with van der Waals surface area (Å²) in [5, 5.41) is 0. The van der Waals surface area contributed by atoms with Crippen LogP contribution in [0.2, 0.25) is 0 Å². The van der Waals surface area contributed by atoms with Crippen LogP contribution in [0, 0.1) is 0 Å². The molecule has 0 aromatic rings. The molecule has 0 amide bonds. The van der Waals surface area contributed by atoms with Crippen LogP contribution in [0.4, 0.5) is 0 Å². The summed E-state index contributed by atoms with van der Waals surface area (Å²) in [5.74, 6) is 0. The topological polar surface area (TPSA) is 24.9 Å². The molecule has 0 aliphatic heterocycles. The quantitative estimate of drug-likeness (QED) is 0.487. The Kier molecular flexibility index (Phi) is 11.7. The Morgan fingerprint density at radius 2 is 1.05 bits per heavy atom. The zero-order valence-electron chi connectivity index (χ0n) is 14.6. The lowest BCUT2D eigenvalue weighted by atomic mass is 10.3. The number of unbranched alkanes of at least 4 members (excludes halogenated alkanes) is 1. The molecule has 0 rings (SSSR count). The molecule has 0 unspecified atom stereocenters. The van der Waals surface area contributed by atoms with Gasteiger partial charge in [0.15, 0.2) is 0 Å². The highest BCUT2D eigenvalue weighted by molar-refractivity contribution is 6.61. The molecule has 0 saturated heterocycles. The van der Waals surface area contributed by atoms with Gasteiger partial charge in [-0.3, -0.25) is 9.13 Å². The predicted molar refractivity (Wildman–Crippen MR) is 88.7 cm³/mol. The van der Waals surface area contributed by atoms with Crippen LogP contribution < -0.4 is 0 Å². The molecule has 0 bridgehead atoms. The van der Waals surface area contributed by atoms with Gasteiger partial charge in [0, 0.05) is 14.2 Å². The van der Waals surface area contributed by atoms with Crippen LogP contribution in [0.1, 0.15) is 59.8 Å². The molecule has 0 spiro atoms. The predicted octanol–water partition coefficient (Wildman–Crippen LogP) is 3.35. The summed E-state index contributed by atoms with van der Waals surface area (Å²) in [4.78, 5) is 0. The van der Waals surface area contributed by atoms with Crippen molar-refractivity contribution in [3.63, 3.8) is 0 Å². The van der Waals surface area contributed by atoms with Crippen molar-refractivity contribution in [2.75, 3.05) is 40.4 Å². The van der Waals surface area contributed by atoms with Gasteiger partial charge in [0.25, 0.3) is 0 Å². The molecule has 0 fully saturated rings. The van der Waals surface area contributed by atoms with Crippen molar-refractivity contribution in [2.45, 2.75) is 59.8 Å². The van der Waals surface area contributed by atoms with Gasteiger partial charge in [-0.25, -0.2) is 0 Å². The van der Waals surface area contributed by atoms with E-state index in [1.165, 1.54) is 12.8 Å². The highest BCUT2D eigenvalue weighted by Crippen LogP contribution is 2.20. The fourth-order valence-electron chi connectivity index (χ4n) is 2.75. The van der Waals surface area contributed by atoms with Gasteiger partial charge in [-0.05, 0) is 51.9 Å². The van der Waals surface area contributed by atoms with Crippen molar-refractivity contribution in [3.8, 4) is 0 Å². The van der Waals surface area contributed by atoms with E-state index in [4.69, 9.17) is 8.85 Å². The monoisotopic (exact) mass is 304 g/mol. The van der Waals surface area contributed by atoms with E-state index in [1.807, 2.05) is 14.2 Å². The maximum absolute atomic E-state index is 6.03. The van der Waals surface area contributed by atoms with Crippen LogP contribution in [0.5, 0.6) is 0 Å². The first-order chi connectivity index (χ1) is 9.66. The Labute approximate surface area is 127 Å². The average molecular weight is 305 g/mol. The SMILES string of the molecule is CCCCN(CCC)[Si](OC)(OC)N(CCC)CCC. The highest BCUT2D eigenvalue weighted by atomic mass is 28.4. The van der Waals surface area contributed by atoms with E-state index < -0.39 is 8.88 Å². The first-order valence-electron chi connectivity index (χ1n) is 8.27. The van der Waals surface area contributed by atoms with Gasteiger partial charge in [-0.1, -0.05) is 34.1 Å². The molecule has 0 saturated carbocycles. The van der Waals surface area contributed by atoms with Crippen LogP contribution >= 0.6 is 0 Å². The summed E-state index contributed by atoms with van der Waals surface area (Å²) < 4.78 is 17.0. The molecule has 0 aliphatic rings. The second-order valence-electron chi connectivity index (χ2n) is 5.28. The molecule has 0 aromatic carbocycles. The van der Waals surface area contributed by atoms with E-state index in [0.717, 1.165) is 45.4 Å². The standard InChI is InChI=1S/C15H36N2O2Si/c1-7-11-15-17(14-10-4)20(18-5,19-6)16(12-8-2)13-9-3/h7-15H2,1-6H3. The first kappa shape index (κ1) is 20.1. The van der Waals surface area contributed by atoms with Gasteiger partial charge in [0.2, 0.25) is 0 Å². The summed E-state index contributed by atoms with van der Waals surface area (Å²) in [5.41, 5.74) is 0. The fraction of sp³-hybridized carbons (Fsp3) is 1.00. The normalized spacial score (nSPS) is 12.6. The van der Waals surface area contributed by atoms with Crippen molar-refractivity contribution in [2.24, 2.45) is 0 Å². The van der Waals surface area contributed by atoms with Gasteiger partial charge in [0.05, 0.1) is 0 Å².